The lowest BCUT2D eigenvalue weighted by Gasteiger charge is -2.34. The van der Waals surface area contributed by atoms with E-state index in [0.29, 0.717) is 6.42 Å². The summed E-state index contributed by atoms with van der Waals surface area (Å²) >= 11 is 0. The third kappa shape index (κ3) is 3.02. The topological polar surface area (TPSA) is 57.6 Å². The first-order valence-electron chi connectivity index (χ1n) is 5.53. The number of ketones is 1. The number of carboxylic acid groups (broad SMARTS) is 1. The Bertz CT molecular complexity index is 244. The van der Waals surface area contributed by atoms with E-state index in [1.54, 1.807) is 6.92 Å². The molecule has 1 rings (SSSR count). The third-order valence-electron chi connectivity index (χ3n) is 3.22. The molecule has 0 saturated carbocycles. The Kier molecular flexibility index (Phi) is 4.27. The summed E-state index contributed by atoms with van der Waals surface area (Å²) in [6, 6.07) is -0.377. The van der Waals surface area contributed by atoms with Crippen molar-refractivity contribution >= 4 is 11.8 Å². The number of carbonyl (C=O) groups is 2. The number of aliphatic carboxylic acids is 1. The number of Topliss-reactive ketones (excluding diaryl/α,β-unsaturated/α-hetero) is 1. The van der Waals surface area contributed by atoms with Gasteiger partial charge in [0, 0.05) is 5.92 Å². The van der Waals surface area contributed by atoms with Crippen LogP contribution in [0.15, 0.2) is 0 Å². The molecule has 1 aliphatic heterocycles. The largest absolute Gasteiger partial charge is 0.480 e. The normalized spacial score (nSPS) is 21.2. The quantitative estimate of drug-likeness (QED) is 0.761. The van der Waals surface area contributed by atoms with Gasteiger partial charge in [-0.1, -0.05) is 6.92 Å². The number of nitrogens with zero attached hydrogens (tertiary/aromatic N) is 1. The van der Waals surface area contributed by atoms with Crippen molar-refractivity contribution in [2.24, 2.45) is 5.92 Å². The molecule has 0 amide bonds. The summed E-state index contributed by atoms with van der Waals surface area (Å²) in [5.74, 6) is -0.371. The standard InChI is InChI=1S/C11H19NO3/c1-3-10(11(14)15)12-6-4-9(5-7-12)8(2)13/h9-10H,3-7H2,1-2H3,(H,14,15). The highest BCUT2D eigenvalue weighted by Crippen LogP contribution is 2.20. The van der Waals surface area contributed by atoms with Crippen LogP contribution in [0.2, 0.25) is 0 Å². The van der Waals surface area contributed by atoms with Gasteiger partial charge in [-0.3, -0.25) is 14.5 Å². The summed E-state index contributed by atoms with van der Waals surface area (Å²) < 4.78 is 0. The van der Waals surface area contributed by atoms with Crippen molar-refractivity contribution < 1.29 is 14.7 Å². The summed E-state index contributed by atoms with van der Waals surface area (Å²) in [5, 5.41) is 8.99. The third-order valence-corrected chi connectivity index (χ3v) is 3.22. The van der Waals surface area contributed by atoms with Crippen LogP contribution in [0, 0.1) is 5.92 Å². The van der Waals surface area contributed by atoms with Gasteiger partial charge in [0.15, 0.2) is 0 Å². The molecule has 1 unspecified atom stereocenters. The molecule has 1 atom stereocenters. The molecule has 15 heavy (non-hydrogen) atoms. The second kappa shape index (κ2) is 5.26. The molecule has 1 saturated heterocycles. The molecule has 0 aromatic rings. The van der Waals surface area contributed by atoms with Crippen molar-refractivity contribution in [2.75, 3.05) is 13.1 Å². The smallest absolute Gasteiger partial charge is 0.320 e. The summed E-state index contributed by atoms with van der Waals surface area (Å²) in [4.78, 5) is 24.1. The van der Waals surface area contributed by atoms with Gasteiger partial charge in [-0.2, -0.15) is 0 Å². The van der Waals surface area contributed by atoms with E-state index < -0.39 is 5.97 Å². The Labute approximate surface area is 90.3 Å². The predicted molar refractivity (Wildman–Crippen MR) is 56.7 cm³/mol. The van der Waals surface area contributed by atoms with Crippen molar-refractivity contribution in [3.05, 3.63) is 0 Å². The number of hydrogen-bond acceptors (Lipinski definition) is 3. The minimum atomic E-state index is -0.751. The zero-order valence-electron chi connectivity index (χ0n) is 9.40. The van der Waals surface area contributed by atoms with Gasteiger partial charge in [-0.25, -0.2) is 0 Å². The Hall–Kier alpha value is -0.900. The number of rotatable bonds is 4. The van der Waals surface area contributed by atoms with Gasteiger partial charge in [-0.15, -0.1) is 0 Å². The van der Waals surface area contributed by atoms with Gasteiger partial charge in [0.25, 0.3) is 0 Å². The Morgan fingerprint density at radius 1 is 1.40 bits per heavy atom. The molecule has 0 aromatic carbocycles. The van der Waals surface area contributed by atoms with E-state index in [2.05, 4.69) is 0 Å². The van der Waals surface area contributed by atoms with E-state index in [9.17, 15) is 9.59 Å². The molecule has 4 heteroatoms. The van der Waals surface area contributed by atoms with Gasteiger partial charge >= 0.3 is 5.97 Å². The first kappa shape index (κ1) is 12.2. The van der Waals surface area contributed by atoms with E-state index in [-0.39, 0.29) is 17.7 Å². The van der Waals surface area contributed by atoms with Crippen molar-refractivity contribution in [1.29, 1.82) is 0 Å². The predicted octanol–water partition coefficient (Wildman–Crippen LogP) is 1.15. The summed E-state index contributed by atoms with van der Waals surface area (Å²) in [6.07, 6.45) is 2.23. The average molecular weight is 213 g/mol. The molecule has 4 nitrogen and oxygen atoms in total. The van der Waals surface area contributed by atoms with Crippen molar-refractivity contribution in [3.63, 3.8) is 0 Å². The summed E-state index contributed by atoms with van der Waals surface area (Å²) in [7, 11) is 0. The molecule has 0 radical (unpaired) electrons. The lowest BCUT2D eigenvalue weighted by Crippen LogP contribution is -2.46. The monoisotopic (exact) mass is 213 g/mol. The van der Waals surface area contributed by atoms with Gasteiger partial charge in [-0.05, 0) is 39.3 Å². The SMILES string of the molecule is CCC(C(=O)O)N1CCC(C(C)=O)CC1. The van der Waals surface area contributed by atoms with Crippen LogP contribution in [-0.4, -0.2) is 40.9 Å². The van der Waals surface area contributed by atoms with E-state index in [1.165, 1.54) is 0 Å². The molecule has 1 N–H and O–H groups in total. The highest BCUT2D eigenvalue weighted by molar-refractivity contribution is 5.78. The van der Waals surface area contributed by atoms with Gasteiger partial charge < -0.3 is 5.11 Å². The number of carbonyl (C=O) groups excluding carboxylic acids is 1. The first-order valence-corrected chi connectivity index (χ1v) is 5.53. The van der Waals surface area contributed by atoms with Crippen LogP contribution in [0.5, 0.6) is 0 Å². The van der Waals surface area contributed by atoms with Crippen molar-refractivity contribution in [1.82, 2.24) is 4.90 Å². The average Bonchev–Trinajstić information content (AvgIpc) is 2.19. The van der Waals surface area contributed by atoms with Crippen molar-refractivity contribution in [3.8, 4) is 0 Å². The molecule has 0 aliphatic carbocycles. The lowest BCUT2D eigenvalue weighted by atomic mass is 9.92. The van der Waals surface area contributed by atoms with Crippen LogP contribution >= 0.6 is 0 Å². The highest BCUT2D eigenvalue weighted by Gasteiger charge is 2.29. The zero-order valence-corrected chi connectivity index (χ0v) is 9.40. The van der Waals surface area contributed by atoms with E-state index in [4.69, 9.17) is 5.11 Å². The van der Waals surface area contributed by atoms with Crippen LogP contribution < -0.4 is 0 Å². The van der Waals surface area contributed by atoms with Gasteiger partial charge in [0.1, 0.15) is 11.8 Å². The minimum absolute atomic E-state index is 0.146. The van der Waals surface area contributed by atoms with Crippen LogP contribution in [0.3, 0.4) is 0 Å². The van der Waals surface area contributed by atoms with Crippen LogP contribution in [0.25, 0.3) is 0 Å². The molecule has 1 fully saturated rings. The van der Waals surface area contributed by atoms with Gasteiger partial charge in [0.2, 0.25) is 0 Å². The summed E-state index contributed by atoms with van der Waals surface area (Å²) in [5.41, 5.74) is 0. The lowest BCUT2D eigenvalue weighted by molar-refractivity contribution is -0.144. The maximum atomic E-state index is 11.1. The van der Waals surface area contributed by atoms with Crippen LogP contribution in [-0.2, 0) is 9.59 Å². The minimum Gasteiger partial charge on any atom is -0.480 e. The number of hydrogen-bond donors (Lipinski definition) is 1. The molecule has 1 aliphatic rings. The fourth-order valence-electron chi connectivity index (χ4n) is 2.21. The Morgan fingerprint density at radius 3 is 2.27 bits per heavy atom. The van der Waals surface area contributed by atoms with Crippen LogP contribution in [0.4, 0.5) is 0 Å². The molecule has 0 bridgehead atoms. The zero-order chi connectivity index (χ0) is 11.4. The van der Waals surface area contributed by atoms with Gasteiger partial charge in [0.05, 0.1) is 0 Å². The molecule has 1 heterocycles. The van der Waals surface area contributed by atoms with E-state index in [1.807, 2.05) is 11.8 Å². The first-order chi connectivity index (χ1) is 7.06. The molecule has 86 valence electrons. The summed E-state index contributed by atoms with van der Waals surface area (Å²) in [6.45, 7) is 4.97. The molecule has 0 aromatic heterocycles. The molecular formula is C11H19NO3. The van der Waals surface area contributed by atoms with E-state index >= 15 is 0 Å². The fourth-order valence-corrected chi connectivity index (χ4v) is 2.21. The Morgan fingerprint density at radius 2 is 1.93 bits per heavy atom. The highest BCUT2D eigenvalue weighted by atomic mass is 16.4. The van der Waals surface area contributed by atoms with Crippen LogP contribution in [0.1, 0.15) is 33.1 Å². The fraction of sp³-hybridized carbons (Fsp3) is 0.818. The molecule has 0 spiro atoms. The molecular weight excluding hydrogens is 194 g/mol. The van der Waals surface area contributed by atoms with E-state index in [0.717, 1.165) is 25.9 Å². The second-order valence-corrected chi connectivity index (χ2v) is 4.18. The maximum Gasteiger partial charge on any atom is 0.320 e. The second-order valence-electron chi connectivity index (χ2n) is 4.18. The Balaban J connectivity index is 2.49. The number of carboxylic acids is 1. The van der Waals surface area contributed by atoms with Crippen molar-refractivity contribution in [2.45, 2.75) is 39.2 Å². The number of piperidine rings is 1. The number of likely N-dealkylation sites (tertiary alicyclic amines) is 1. The maximum absolute atomic E-state index is 11.1.